The zero-order chi connectivity index (χ0) is 13.2. The molecule has 0 saturated heterocycles. The van der Waals surface area contributed by atoms with Crippen molar-refractivity contribution in [2.75, 3.05) is 12.8 Å². The summed E-state index contributed by atoms with van der Waals surface area (Å²) in [4.78, 5) is 4.36. The Morgan fingerprint density at radius 3 is 2.58 bits per heavy atom. The van der Waals surface area contributed by atoms with Crippen LogP contribution in [0.1, 0.15) is 0 Å². The van der Waals surface area contributed by atoms with Crippen molar-refractivity contribution in [2.45, 2.75) is 0 Å². The number of benzene rings is 2. The molecule has 0 spiro atoms. The lowest BCUT2D eigenvalue weighted by molar-refractivity contribution is 0.415. The van der Waals surface area contributed by atoms with Crippen LogP contribution in [0.2, 0.25) is 0 Å². The highest BCUT2D eigenvalue weighted by molar-refractivity contribution is 6.00. The Hall–Kier alpha value is -2.55. The van der Waals surface area contributed by atoms with E-state index in [0.29, 0.717) is 5.69 Å². The Morgan fingerprint density at radius 2 is 1.84 bits per heavy atom. The van der Waals surface area contributed by atoms with Gasteiger partial charge in [-0.1, -0.05) is 30.3 Å². The summed E-state index contributed by atoms with van der Waals surface area (Å²) in [6.07, 6.45) is 1.71. The summed E-state index contributed by atoms with van der Waals surface area (Å²) in [6.45, 7) is 0. The molecular formula is C16H14N2O. The maximum atomic E-state index is 6.11. The van der Waals surface area contributed by atoms with Gasteiger partial charge < -0.3 is 10.5 Å². The van der Waals surface area contributed by atoms with E-state index in [1.165, 1.54) is 0 Å². The number of hydrogen-bond donors (Lipinski definition) is 1. The molecule has 0 unspecified atom stereocenters. The van der Waals surface area contributed by atoms with Gasteiger partial charge in [-0.25, -0.2) is 0 Å². The maximum Gasteiger partial charge on any atom is 0.119 e. The molecule has 0 aliphatic rings. The minimum atomic E-state index is 0.673. The third-order valence-electron chi connectivity index (χ3n) is 3.17. The number of nitrogens with two attached hydrogens (primary N) is 1. The number of anilines is 1. The van der Waals surface area contributed by atoms with Gasteiger partial charge in [0.15, 0.2) is 0 Å². The van der Waals surface area contributed by atoms with Crippen LogP contribution in [0, 0.1) is 0 Å². The molecule has 0 fully saturated rings. The number of methoxy groups -OCH3 is 1. The van der Waals surface area contributed by atoms with Crippen molar-refractivity contribution in [3.63, 3.8) is 0 Å². The van der Waals surface area contributed by atoms with Crippen molar-refractivity contribution in [1.82, 2.24) is 4.98 Å². The molecule has 0 atom stereocenters. The molecule has 94 valence electrons. The molecule has 0 radical (unpaired) electrons. The summed E-state index contributed by atoms with van der Waals surface area (Å²) < 4.78 is 5.28. The van der Waals surface area contributed by atoms with E-state index < -0.39 is 0 Å². The summed E-state index contributed by atoms with van der Waals surface area (Å²) in [5.74, 6) is 0.803. The summed E-state index contributed by atoms with van der Waals surface area (Å²) in [5, 5.41) is 1.01. The van der Waals surface area contributed by atoms with Gasteiger partial charge in [0.1, 0.15) is 5.75 Å². The fourth-order valence-electron chi connectivity index (χ4n) is 2.24. The Labute approximate surface area is 111 Å². The predicted molar refractivity (Wildman–Crippen MR) is 78.1 cm³/mol. The first-order valence-electron chi connectivity index (χ1n) is 6.07. The highest BCUT2D eigenvalue weighted by atomic mass is 16.5. The van der Waals surface area contributed by atoms with Crippen LogP contribution >= 0.6 is 0 Å². The number of pyridine rings is 1. The van der Waals surface area contributed by atoms with Crippen LogP contribution in [0.3, 0.4) is 0 Å². The number of ether oxygens (including phenoxy) is 1. The van der Waals surface area contributed by atoms with Crippen LogP contribution in [0.25, 0.3) is 22.0 Å². The Kier molecular flexibility index (Phi) is 2.80. The normalized spacial score (nSPS) is 10.6. The first kappa shape index (κ1) is 11.5. The Balaban J connectivity index is 2.35. The predicted octanol–water partition coefficient (Wildman–Crippen LogP) is 3.49. The molecule has 0 bridgehead atoms. The van der Waals surface area contributed by atoms with Crippen LogP contribution in [-0.2, 0) is 0 Å². The third-order valence-corrected chi connectivity index (χ3v) is 3.17. The molecule has 3 nitrogen and oxygen atoms in total. The van der Waals surface area contributed by atoms with Gasteiger partial charge in [-0.3, -0.25) is 4.98 Å². The van der Waals surface area contributed by atoms with Crippen LogP contribution in [-0.4, -0.2) is 12.1 Å². The van der Waals surface area contributed by atoms with E-state index in [0.717, 1.165) is 27.8 Å². The average Bonchev–Trinajstić information content (AvgIpc) is 2.47. The van der Waals surface area contributed by atoms with Crippen molar-refractivity contribution in [3.8, 4) is 16.9 Å². The number of rotatable bonds is 2. The molecule has 19 heavy (non-hydrogen) atoms. The highest BCUT2D eigenvalue weighted by Crippen LogP contribution is 2.34. The fourth-order valence-corrected chi connectivity index (χ4v) is 2.24. The maximum absolute atomic E-state index is 6.11. The van der Waals surface area contributed by atoms with Crippen LogP contribution < -0.4 is 10.5 Å². The molecular weight excluding hydrogens is 236 g/mol. The van der Waals surface area contributed by atoms with Gasteiger partial charge in [0.25, 0.3) is 0 Å². The van der Waals surface area contributed by atoms with Gasteiger partial charge in [-0.15, -0.1) is 0 Å². The molecule has 1 aromatic heterocycles. The van der Waals surface area contributed by atoms with Crippen LogP contribution in [0.15, 0.2) is 54.7 Å². The van der Waals surface area contributed by atoms with Gasteiger partial charge in [0.2, 0.25) is 0 Å². The minimum absolute atomic E-state index is 0.673. The highest BCUT2D eigenvalue weighted by Gasteiger charge is 2.09. The van der Waals surface area contributed by atoms with Crippen molar-refractivity contribution in [2.24, 2.45) is 0 Å². The van der Waals surface area contributed by atoms with E-state index in [2.05, 4.69) is 4.98 Å². The lowest BCUT2D eigenvalue weighted by Crippen LogP contribution is -1.94. The molecule has 1 heterocycles. The third kappa shape index (κ3) is 1.99. The van der Waals surface area contributed by atoms with Crippen LogP contribution in [0.5, 0.6) is 5.75 Å². The molecule has 0 amide bonds. The quantitative estimate of drug-likeness (QED) is 0.757. The number of fused-ring (bicyclic) bond motifs is 1. The second-order valence-corrected chi connectivity index (χ2v) is 4.34. The first-order valence-corrected chi connectivity index (χ1v) is 6.07. The van der Waals surface area contributed by atoms with Crippen molar-refractivity contribution in [1.29, 1.82) is 0 Å². The van der Waals surface area contributed by atoms with E-state index in [4.69, 9.17) is 10.5 Å². The van der Waals surface area contributed by atoms with Gasteiger partial charge in [0, 0.05) is 10.9 Å². The van der Waals surface area contributed by atoms with Crippen molar-refractivity contribution in [3.05, 3.63) is 54.7 Å². The zero-order valence-corrected chi connectivity index (χ0v) is 10.6. The van der Waals surface area contributed by atoms with Crippen molar-refractivity contribution < 1.29 is 4.74 Å². The molecule has 2 aromatic carbocycles. The molecule has 0 saturated carbocycles. The van der Waals surface area contributed by atoms with Gasteiger partial charge in [0.05, 0.1) is 24.5 Å². The number of nitrogens with zero attached hydrogens (tertiary/aromatic N) is 1. The van der Waals surface area contributed by atoms with E-state index >= 15 is 0 Å². The Bertz CT molecular complexity index is 723. The fraction of sp³-hybridized carbons (Fsp3) is 0.0625. The number of nitrogen functional groups attached to an aromatic ring is 1. The smallest absolute Gasteiger partial charge is 0.119 e. The van der Waals surface area contributed by atoms with Crippen molar-refractivity contribution >= 4 is 16.6 Å². The summed E-state index contributed by atoms with van der Waals surface area (Å²) in [6, 6.07) is 15.9. The second kappa shape index (κ2) is 4.61. The number of aromatic nitrogens is 1. The Morgan fingerprint density at radius 1 is 1.05 bits per heavy atom. The molecule has 3 rings (SSSR count). The molecule has 2 N–H and O–H groups in total. The van der Waals surface area contributed by atoms with E-state index in [1.54, 1.807) is 13.3 Å². The summed E-state index contributed by atoms with van der Waals surface area (Å²) in [7, 11) is 1.66. The topological polar surface area (TPSA) is 48.1 Å². The standard InChI is InChI=1S/C16H14N2O/c1-19-12-7-8-15-13(9-12)16(14(17)10-18-15)11-5-3-2-4-6-11/h2-10H,17H2,1H3. The summed E-state index contributed by atoms with van der Waals surface area (Å²) >= 11 is 0. The lowest BCUT2D eigenvalue weighted by atomic mass is 9.99. The SMILES string of the molecule is COc1ccc2ncc(N)c(-c3ccccc3)c2c1. The van der Waals surface area contributed by atoms with Crippen LogP contribution in [0.4, 0.5) is 5.69 Å². The summed E-state index contributed by atoms with van der Waals surface area (Å²) in [5.41, 5.74) is 9.78. The average molecular weight is 250 g/mol. The van der Waals surface area contributed by atoms with Gasteiger partial charge in [-0.2, -0.15) is 0 Å². The van der Waals surface area contributed by atoms with E-state index in [9.17, 15) is 0 Å². The van der Waals surface area contributed by atoms with E-state index in [-0.39, 0.29) is 0 Å². The molecule has 3 heteroatoms. The van der Waals surface area contributed by atoms with E-state index in [1.807, 2.05) is 48.5 Å². The number of hydrogen-bond acceptors (Lipinski definition) is 3. The second-order valence-electron chi connectivity index (χ2n) is 4.34. The molecule has 0 aliphatic heterocycles. The van der Waals surface area contributed by atoms with Gasteiger partial charge in [-0.05, 0) is 23.8 Å². The molecule has 3 aromatic rings. The zero-order valence-electron chi connectivity index (χ0n) is 10.6. The molecule has 0 aliphatic carbocycles. The monoisotopic (exact) mass is 250 g/mol. The first-order chi connectivity index (χ1) is 9.29. The van der Waals surface area contributed by atoms with Gasteiger partial charge >= 0.3 is 0 Å². The minimum Gasteiger partial charge on any atom is -0.497 e. The largest absolute Gasteiger partial charge is 0.497 e. The lowest BCUT2D eigenvalue weighted by Gasteiger charge is -2.11.